The van der Waals surface area contributed by atoms with Gasteiger partial charge in [0.1, 0.15) is 6.33 Å². The molecule has 29 heavy (non-hydrogen) atoms. The highest BCUT2D eigenvalue weighted by molar-refractivity contribution is 9.10. The highest BCUT2D eigenvalue weighted by Crippen LogP contribution is 2.26. The van der Waals surface area contributed by atoms with Crippen molar-refractivity contribution in [3.8, 4) is 0 Å². The molecule has 1 aromatic heterocycles. The normalized spacial score (nSPS) is 16.3. The smallest absolute Gasteiger partial charge is 0.248 e. The molecule has 0 aliphatic carbocycles. The fraction of sp³-hybridized carbons (Fsp3) is 0.200. The van der Waals surface area contributed by atoms with Crippen LogP contribution in [0.25, 0.3) is 0 Å². The van der Waals surface area contributed by atoms with Crippen molar-refractivity contribution in [1.29, 1.82) is 0 Å². The number of hydrogen-bond donors (Lipinski definition) is 1. The van der Waals surface area contributed by atoms with Crippen molar-refractivity contribution in [1.82, 2.24) is 14.8 Å². The lowest BCUT2D eigenvalue weighted by molar-refractivity contribution is -0.122. The van der Waals surface area contributed by atoms with Gasteiger partial charge in [-0.3, -0.25) is 14.9 Å². The number of carbonyl (C=O) groups excluding carboxylic acids is 2. The van der Waals surface area contributed by atoms with Crippen molar-refractivity contribution >= 4 is 51.0 Å². The topological polar surface area (TPSA) is 80.1 Å². The molecule has 1 unspecified atom stereocenters. The van der Waals surface area contributed by atoms with E-state index < -0.39 is 5.92 Å². The molecule has 7 nitrogen and oxygen atoms in total. The van der Waals surface area contributed by atoms with Gasteiger partial charge in [-0.2, -0.15) is 0 Å². The maximum atomic E-state index is 12.6. The van der Waals surface area contributed by atoms with Crippen LogP contribution < -0.4 is 10.2 Å². The molecule has 148 valence electrons. The standard InChI is InChI=1S/C20H17BrClN5O2/c21-15-3-1-13(2-4-15)10-26-12-23-20(25-26)24-19(29)14-9-18(28)27(11-14)17-7-5-16(22)6-8-17/h1-8,12,14H,9-11H2,(H,24,25,29). The number of amides is 2. The van der Waals surface area contributed by atoms with Crippen LogP contribution in [0.3, 0.4) is 0 Å². The molecule has 0 spiro atoms. The third kappa shape index (κ3) is 4.65. The Morgan fingerprint density at radius 3 is 2.62 bits per heavy atom. The Kier molecular flexibility index (Phi) is 5.64. The first-order chi connectivity index (χ1) is 14.0. The number of anilines is 2. The molecular weight excluding hydrogens is 458 g/mol. The number of nitrogens with one attached hydrogen (secondary N) is 1. The first kappa shape index (κ1) is 19.6. The summed E-state index contributed by atoms with van der Waals surface area (Å²) >= 11 is 9.30. The minimum atomic E-state index is -0.461. The van der Waals surface area contributed by atoms with Gasteiger partial charge in [-0.1, -0.05) is 39.7 Å². The summed E-state index contributed by atoms with van der Waals surface area (Å²) in [6.07, 6.45) is 1.71. The highest BCUT2D eigenvalue weighted by atomic mass is 79.9. The zero-order valence-corrected chi connectivity index (χ0v) is 17.6. The van der Waals surface area contributed by atoms with E-state index in [1.54, 1.807) is 40.2 Å². The first-order valence-corrected chi connectivity index (χ1v) is 10.2. The zero-order valence-electron chi connectivity index (χ0n) is 15.3. The number of hydrogen-bond acceptors (Lipinski definition) is 4. The summed E-state index contributed by atoms with van der Waals surface area (Å²) in [5.41, 5.74) is 1.79. The van der Waals surface area contributed by atoms with Crippen LogP contribution in [0.4, 0.5) is 11.6 Å². The SMILES string of the molecule is O=C(Nc1ncn(Cc2ccc(Br)cc2)n1)C1CC(=O)N(c2ccc(Cl)cc2)C1. The van der Waals surface area contributed by atoms with Crippen LogP contribution in [0.5, 0.6) is 0 Å². The lowest BCUT2D eigenvalue weighted by atomic mass is 10.1. The van der Waals surface area contributed by atoms with Gasteiger partial charge in [0.2, 0.25) is 17.8 Å². The number of rotatable bonds is 5. The monoisotopic (exact) mass is 473 g/mol. The van der Waals surface area contributed by atoms with E-state index in [0.29, 0.717) is 18.1 Å². The Labute approximate surface area is 180 Å². The van der Waals surface area contributed by atoms with E-state index in [-0.39, 0.29) is 24.2 Å². The van der Waals surface area contributed by atoms with E-state index in [4.69, 9.17) is 11.6 Å². The van der Waals surface area contributed by atoms with Gasteiger partial charge in [0.15, 0.2) is 0 Å². The van der Waals surface area contributed by atoms with Crippen molar-refractivity contribution in [2.45, 2.75) is 13.0 Å². The average Bonchev–Trinajstić information content (AvgIpc) is 3.31. The van der Waals surface area contributed by atoms with Crippen molar-refractivity contribution in [2.24, 2.45) is 5.92 Å². The van der Waals surface area contributed by atoms with Gasteiger partial charge in [0.05, 0.1) is 12.5 Å². The molecule has 1 N–H and O–H groups in total. The van der Waals surface area contributed by atoms with Crippen molar-refractivity contribution < 1.29 is 9.59 Å². The van der Waals surface area contributed by atoms with Crippen LogP contribution in [-0.2, 0) is 16.1 Å². The fourth-order valence-corrected chi connectivity index (χ4v) is 3.56. The van der Waals surface area contributed by atoms with Crippen molar-refractivity contribution in [2.75, 3.05) is 16.8 Å². The summed E-state index contributed by atoms with van der Waals surface area (Å²) in [4.78, 5) is 30.7. The molecule has 1 atom stereocenters. The van der Waals surface area contributed by atoms with E-state index in [0.717, 1.165) is 15.7 Å². The molecule has 2 amide bonds. The van der Waals surface area contributed by atoms with Gasteiger partial charge in [-0.05, 0) is 42.0 Å². The molecule has 1 aliphatic heterocycles. The second-order valence-corrected chi connectivity index (χ2v) is 8.12. The predicted molar refractivity (Wildman–Crippen MR) is 114 cm³/mol. The molecule has 0 radical (unpaired) electrons. The Morgan fingerprint density at radius 1 is 1.17 bits per heavy atom. The van der Waals surface area contributed by atoms with Gasteiger partial charge in [-0.15, -0.1) is 5.10 Å². The van der Waals surface area contributed by atoms with E-state index >= 15 is 0 Å². The minimum absolute atomic E-state index is 0.0961. The maximum absolute atomic E-state index is 12.6. The molecule has 3 aromatic rings. The summed E-state index contributed by atoms with van der Waals surface area (Å²) in [6.45, 7) is 0.855. The number of aromatic nitrogens is 3. The molecule has 1 saturated heterocycles. The van der Waals surface area contributed by atoms with Crippen LogP contribution in [0.15, 0.2) is 59.3 Å². The zero-order chi connectivity index (χ0) is 20.4. The lowest BCUT2D eigenvalue weighted by Gasteiger charge is -2.16. The second-order valence-electron chi connectivity index (χ2n) is 6.76. The molecule has 1 aliphatic rings. The summed E-state index contributed by atoms with van der Waals surface area (Å²) in [5, 5.41) is 7.60. The minimum Gasteiger partial charge on any atom is -0.312 e. The van der Waals surface area contributed by atoms with E-state index in [1.807, 2.05) is 24.3 Å². The third-order valence-corrected chi connectivity index (χ3v) is 5.44. The Morgan fingerprint density at radius 2 is 1.90 bits per heavy atom. The van der Waals surface area contributed by atoms with Crippen molar-refractivity contribution in [3.63, 3.8) is 0 Å². The molecule has 0 bridgehead atoms. The number of carbonyl (C=O) groups is 2. The Bertz CT molecular complexity index is 1040. The van der Waals surface area contributed by atoms with Crippen LogP contribution in [0.1, 0.15) is 12.0 Å². The molecule has 2 aromatic carbocycles. The van der Waals surface area contributed by atoms with E-state index in [1.165, 1.54) is 0 Å². The van der Waals surface area contributed by atoms with Crippen LogP contribution in [-0.4, -0.2) is 33.1 Å². The molecule has 0 saturated carbocycles. The quantitative estimate of drug-likeness (QED) is 0.611. The van der Waals surface area contributed by atoms with Crippen LogP contribution in [0.2, 0.25) is 5.02 Å². The first-order valence-electron chi connectivity index (χ1n) is 8.98. The Balaban J connectivity index is 1.37. The predicted octanol–water partition coefficient (Wildman–Crippen LogP) is 3.73. The average molecular weight is 475 g/mol. The second kappa shape index (κ2) is 8.34. The van der Waals surface area contributed by atoms with Gasteiger partial charge < -0.3 is 4.90 Å². The maximum Gasteiger partial charge on any atom is 0.248 e. The number of halogens is 2. The number of nitrogens with zero attached hydrogens (tertiary/aromatic N) is 4. The van der Waals surface area contributed by atoms with Gasteiger partial charge in [0.25, 0.3) is 0 Å². The summed E-state index contributed by atoms with van der Waals surface area (Å²) in [5.74, 6) is -0.599. The third-order valence-electron chi connectivity index (χ3n) is 4.66. The van der Waals surface area contributed by atoms with E-state index in [2.05, 4.69) is 31.3 Å². The largest absolute Gasteiger partial charge is 0.312 e. The highest BCUT2D eigenvalue weighted by Gasteiger charge is 2.35. The molecule has 4 rings (SSSR count). The van der Waals surface area contributed by atoms with E-state index in [9.17, 15) is 9.59 Å². The van der Waals surface area contributed by atoms with Crippen LogP contribution >= 0.6 is 27.5 Å². The lowest BCUT2D eigenvalue weighted by Crippen LogP contribution is -2.28. The molecular formula is C20H17BrClN5O2. The summed E-state index contributed by atoms with van der Waals surface area (Å²) < 4.78 is 2.66. The molecule has 2 heterocycles. The van der Waals surface area contributed by atoms with Gasteiger partial charge >= 0.3 is 0 Å². The van der Waals surface area contributed by atoms with Gasteiger partial charge in [0, 0.05) is 28.1 Å². The number of benzene rings is 2. The van der Waals surface area contributed by atoms with Crippen LogP contribution in [0, 0.1) is 5.92 Å². The summed E-state index contributed by atoms with van der Waals surface area (Å²) in [7, 11) is 0. The molecule has 1 fully saturated rings. The summed E-state index contributed by atoms with van der Waals surface area (Å²) in [6, 6.07) is 14.9. The Hall–Kier alpha value is -2.71. The molecule has 9 heteroatoms. The fourth-order valence-electron chi connectivity index (χ4n) is 3.17. The van der Waals surface area contributed by atoms with Crippen molar-refractivity contribution in [3.05, 3.63) is 69.9 Å². The van der Waals surface area contributed by atoms with Gasteiger partial charge in [-0.25, -0.2) is 9.67 Å².